The van der Waals surface area contributed by atoms with E-state index in [4.69, 9.17) is 11.6 Å². The van der Waals surface area contributed by atoms with E-state index in [2.05, 4.69) is 10.6 Å². The van der Waals surface area contributed by atoms with Gasteiger partial charge in [0.1, 0.15) is 5.82 Å². The Hall–Kier alpha value is -2.40. The molecule has 0 atom stereocenters. The minimum Gasteiger partial charge on any atom is -0.347 e. The average molecular weight is 349 g/mol. The summed E-state index contributed by atoms with van der Waals surface area (Å²) in [6.07, 6.45) is 0. The van der Waals surface area contributed by atoms with Crippen LogP contribution in [0.5, 0.6) is 0 Å². The van der Waals surface area contributed by atoms with E-state index in [-0.39, 0.29) is 12.4 Å². The van der Waals surface area contributed by atoms with E-state index in [0.29, 0.717) is 10.7 Å². The lowest BCUT2D eigenvalue weighted by molar-refractivity contribution is -0.136. The van der Waals surface area contributed by atoms with Crippen molar-refractivity contribution in [2.45, 2.75) is 19.3 Å². The van der Waals surface area contributed by atoms with Crippen molar-refractivity contribution in [2.24, 2.45) is 0 Å². The van der Waals surface area contributed by atoms with E-state index in [9.17, 15) is 14.0 Å². The molecule has 0 spiro atoms. The molecule has 2 N–H and O–H groups in total. The van der Waals surface area contributed by atoms with E-state index in [0.717, 1.165) is 5.56 Å². The third-order valence-corrected chi connectivity index (χ3v) is 3.88. The Labute approximate surface area is 145 Å². The minimum absolute atomic E-state index is 0.242. The average Bonchev–Trinajstić information content (AvgIpc) is 2.55. The van der Waals surface area contributed by atoms with Gasteiger partial charge >= 0.3 is 11.8 Å². The van der Waals surface area contributed by atoms with Gasteiger partial charge in [-0.3, -0.25) is 9.59 Å². The van der Waals surface area contributed by atoms with Crippen LogP contribution in [0.15, 0.2) is 48.5 Å². The first-order valence-corrected chi connectivity index (χ1v) is 7.76. The van der Waals surface area contributed by atoms with Crippen molar-refractivity contribution in [3.63, 3.8) is 0 Å². The highest BCUT2D eigenvalue weighted by Crippen LogP contribution is 2.22. The molecule has 0 aliphatic carbocycles. The predicted molar refractivity (Wildman–Crippen MR) is 92.5 cm³/mol. The van der Waals surface area contributed by atoms with Crippen molar-refractivity contribution >= 4 is 29.1 Å². The molecular weight excluding hydrogens is 331 g/mol. The van der Waals surface area contributed by atoms with Crippen molar-refractivity contribution in [3.8, 4) is 0 Å². The maximum Gasteiger partial charge on any atom is 0.313 e. The number of hydrogen-bond acceptors (Lipinski definition) is 2. The molecule has 24 heavy (non-hydrogen) atoms. The van der Waals surface area contributed by atoms with Crippen LogP contribution < -0.4 is 10.6 Å². The number of carbonyl (C=O) groups is 2. The van der Waals surface area contributed by atoms with Gasteiger partial charge in [-0.1, -0.05) is 37.6 Å². The van der Waals surface area contributed by atoms with E-state index < -0.39 is 17.2 Å². The highest BCUT2D eigenvalue weighted by Gasteiger charge is 2.23. The summed E-state index contributed by atoms with van der Waals surface area (Å²) in [5.74, 6) is -1.81. The molecule has 2 aromatic carbocycles. The van der Waals surface area contributed by atoms with Crippen molar-refractivity contribution in [2.75, 3.05) is 11.9 Å². The second-order valence-electron chi connectivity index (χ2n) is 6.03. The van der Waals surface area contributed by atoms with E-state index in [1.807, 2.05) is 13.8 Å². The fraction of sp³-hybridized carbons (Fsp3) is 0.222. The van der Waals surface area contributed by atoms with Gasteiger partial charge in [-0.25, -0.2) is 4.39 Å². The number of nitrogens with one attached hydrogen (secondary N) is 2. The molecule has 0 aromatic heterocycles. The standard InChI is InChI=1S/C18H18ClFN2O2/c1-18(2,12-3-7-14(20)8-4-12)11-21-16(23)17(24)22-15-9-5-13(19)6-10-15/h3-10H,11H2,1-2H3,(H,21,23)(H,22,24). The number of hydrogen-bond donors (Lipinski definition) is 2. The summed E-state index contributed by atoms with van der Waals surface area (Å²) in [5.41, 5.74) is 0.906. The zero-order valence-electron chi connectivity index (χ0n) is 13.4. The Morgan fingerprint density at radius 2 is 1.58 bits per heavy atom. The lowest BCUT2D eigenvalue weighted by atomic mass is 9.84. The zero-order valence-corrected chi connectivity index (χ0v) is 14.2. The largest absolute Gasteiger partial charge is 0.347 e. The second kappa shape index (κ2) is 7.45. The molecule has 2 aromatic rings. The molecular formula is C18H18ClFN2O2. The molecule has 0 saturated heterocycles. The third-order valence-electron chi connectivity index (χ3n) is 3.62. The monoisotopic (exact) mass is 348 g/mol. The normalized spacial score (nSPS) is 11.0. The van der Waals surface area contributed by atoms with Crippen LogP contribution in [-0.2, 0) is 15.0 Å². The van der Waals surface area contributed by atoms with Gasteiger partial charge in [-0.05, 0) is 42.0 Å². The summed E-state index contributed by atoms with van der Waals surface area (Å²) in [6, 6.07) is 12.5. The molecule has 0 aliphatic heterocycles. The van der Waals surface area contributed by atoms with Crippen molar-refractivity contribution < 1.29 is 14.0 Å². The van der Waals surface area contributed by atoms with Gasteiger partial charge in [0, 0.05) is 22.7 Å². The molecule has 0 unspecified atom stereocenters. The summed E-state index contributed by atoms with van der Waals surface area (Å²) in [4.78, 5) is 23.8. The first kappa shape index (κ1) is 17.9. The second-order valence-corrected chi connectivity index (χ2v) is 6.47. The van der Waals surface area contributed by atoms with Crippen molar-refractivity contribution in [1.29, 1.82) is 0 Å². The number of halogens is 2. The minimum atomic E-state index is -0.757. The maximum atomic E-state index is 13.0. The maximum absolute atomic E-state index is 13.0. The highest BCUT2D eigenvalue weighted by atomic mass is 35.5. The summed E-state index contributed by atoms with van der Waals surface area (Å²) in [7, 11) is 0. The summed E-state index contributed by atoms with van der Waals surface area (Å²) < 4.78 is 13.0. The molecule has 0 fully saturated rings. The van der Waals surface area contributed by atoms with Gasteiger partial charge in [0.25, 0.3) is 0 Å². The van der Waals surface area contributed by atoms with Crippen LogP contribution in [0.4, 0.5) is 10.1 Å². The number of anilines is 1. The zero-order chi connectivity index (χ0) is 17.7. The fourth-order valence-corrected chi connectivity index (χ4v) is 2.23. The SMILES string of the molecule is CC(C)(CNC(=O)C(=O)Nc1ccc(Cl)cc1)c1ccc(F)cc1. The van der Waals surface area contributed by atoms with Gasteiger partial charge in [-0.15, -0.1) is 0 Å². The van der Waals surface area contributed by atoms with Crippen LogP contribution in [0, 0.1) is 5.82 Å². The first-order chi connectivity index (χ1) is 11.3. The van der Waals surface area contributed by atoms with Crippen LogP contribution in [0.3, 0.4) is 0 Å². The molecule has 0 bridgehead atoms. The van der Waals surface area contributed by atoms with E-state index >= 15 is 0 Å². The number of carbonyl (C=O) groups excluding carboxylic acids is 2. The van der Waals surface area contributed by atoms with E-state index in [1.165, 1.54) is 12.1 Å². The predicted octanol–water partition coefficient (Wildman–Crippen LogP) is 3.51. The lowest BCUT2D eigenvalue weighted by Gasteiger charge is -2.25. The van der Waals surface area contributed by atoms with E-state index in [1.54, 1.807) is 36.4 Å². The molecule has 2 amide bonds. The van der Waals surface area contributed by atoms with Crippen LogP contribution in [-0.4, -0.2) is 18.4 Å². The van der Waals surface area contributed by atoms with Gasteiger partial charge in [0.2, 0.25) is 0 Å². The smallest absolute Gasteiger partial charge is 0.313 e. The third kappa shape index (κ3) is 4.80. The van der Waals surface area contributed by atoms with Crippen LogP contribution in [0.1, 0.15) is 19.4 Å². The van der Waals surface area contributed by atoms with Gasteiger partial charge in [0.05, 0.1) is 0 Å². The summed E-state index contributed by atoms with van der Waals surface area (Å²) in [6.45, 7) is 4.04. The molecule has 4 nitrogen and oxygen atoms in total. The Kier molecular flexibility index (Phi) is 5.57. The van der Waals surface area contributed by atoms with Crippen LogP contribution in [0.2, 0.25) is 5.02 Å². The Balaban J connectivity index is 1.92. The highest BCUT2D eigenvalue weighted by molar-refractivity contribution is 6.39. The Morgan fingerprint density at radius 1 is 1.00 bits per heavy atom. The Morgan fingerprint density at radius 3 is 2.17 bits per heavy atom. The molecule has 0 radical (unpaired) electrons. The molecule has 2 rings (SSSR count). The molecule has 0 heterocycles. The van der Waals surface area contributed by atoms with Crippen molar-refractivity contribution in [1.82, 2.24) is 5.32 Å². The Bertz CT molecular complexity index is 728. The van der Waals surface area contributed by atoms with Gasteiger partial charge < -0.3 is 10.6 Å². The van der Waals surface area contributed by atoms with Gasteiger partial charge in [-0.2, -0.15) is 0 Å². The lowest BCUT2D eigenvalue weighted by Crippen LogP contribution is -2.42. The molecule has 0 aliphatic rings. The number of benzene rings is 2. The van der Waals surface area contributed by atoms with Crippen LogP contribution >= 0.6 is 11.6 Å². The summed E-state index contributed by atoms with van der Waals surface area (Å²) >= 11 is 5.76. The van der Waals surface area contributed by atoms with Crippen molar-refractivity contribution in [3.05, 3.63) is 64.9 Å². The molecule has 6 heteroatoms. The fourth-order valence-electron chi connectivity index (χ4n) is 2.11. The topological polar surface area (TPSA) is 58.2 Å². The quantitative estimate of drug-likeness (QED) is 0.831. The first-order valence-electron chi connectivity index (χ1n) is 7.39. The summed E-state index contributed by atoms with van der Waals surface area (Å²) in [5, 5.41) is 5.63. The number of rotatable bonds is 4. The molecule has 0 saturated carbocycles. The number of amides is 2. The molecule has 126 valence electrons. The van der Waals surface area contributed by atoms with Gasteiger partial charge in [0.15, 0.2) is 0 Å². The van der Waals surface area contributed by atoms with Crippen LogP contribution in [0.25, 0.3) is 0 Å².